The number of hydrogen-bond acceptors (Lipinski definition) is 5. The predicted molar refractivity (Wildman–Crippen MR) is 112 cm³/mol. The van der Waals surface area contributed by atoms with E-state index in [1.54, 1.807) is 13.0 Å². The van der Waals surface area contributed by atoms with Crippen LogP contribution < -0.4 is 10.9 Å². The number of nitrogens with zero attached hydrogens (tertiary/aromatic N) is 2. The molecule has 8 heteroatoms. The second kappa shape index (κ2) is 9.31. The first-order valence-electron chi connectivity index (χ1n) is 11.1. The van der Waals surface area contributed by atoms with Crippen molar-refractivity contribution in [3.63, 3.8) is 0 Å². The molecule has 1 saturated carbocycles. The van der Waals surface area contributed by atoms with Crippen molar-refractivity contribution in [2.24, 2.45) is 11.8 Å². The Morgan fingerprint density at radius 3 is 2.57 bits per heavy atom. The summed E-state index contributed by atoms with van der Waals surface area (Å²) in [6, 6.07) is 3.22. The molecule has 0 spiro atoms. The fraction of sp³-hybridized carbons (Fsp3) is 0.682. The summed E-state index contributed by atoms with van der Waals surface area (Å²) >= 11 is 0. The van der Waals surface area contributed by atoms with Gasteiger partial charge in [-0.3, -0.25) is 14.4 Å². The summed E-state index contributed by atoms with van der Waals surface area (Å²) in [6.07, 6.45) is 4.78. The van der Waals surface area contributed by atoms with Gasteiger partial charge in [0.25, 0.3) is 11.5 Å². The zero-order valence-electron chi connectivity index (χ0n) is 17.7. The minimum Gasteiger partial charge on any atom is -0.365 e. The number of ether oxygens (including phenoxy) is 1. The van der Waals surface area contributed by atoms with Crippen LogP contribution in [0.15, 0.2) is 16.9 Å². The fourth-order valence-corrected chi connectivity index (χ4v) is 4.36. The lowest BCUT2D eigenvalue weighted by molar-refractivity contribution is -0.149. The quantitative estimate of drug-likeness (QED) is 0.685. The summed E-state index contributed by atoms with van der Waals surface area (Å²) in [7, 11) is 0. The third kappa shape index (κ3) is 5.49. The minimum absolute atomic E-state index is 0.0213. The summed E-state index contributed by atoms with van der Waals surface area (Å²) in [6.45, 7) is 6.83. The van der Waals surface area contributed by atoms with E-state index in [-0.39, 0.29) is 30.7 Å². The summed E-state index contributed by atoms with van der Waals surface area (Å²) < 4.78 is 5.61. The molecular weight excluding hydrogens is 384 g/mol. The number of aromatic amines is 1. The molecule has 164 valence electrons. The SMILES string of the molecule is Cc1ccc(C(=O)NC[C@@H]2CN(CC3CCN(CC4CC4)CC3)C(=O)CO2)c(=O)[nH]1. The maximum Gasteiger partial charge on any atom is 0.260 e. The van der Waals surface area contributed by atoms with Gasteiger partial charge in [0.05, 0.1) is 6.10 Å². The van der Waals surface area contributed by atoms with Gasteiger partial charge in [-0.1, -0.05) is 0 Å². The Morgan fingerprint density at radius 2 is 1.87 bits per heavy atom. The maximum atomic E-state index is 12.3. The van der Waals surface area contributed by atoms with Crippen molar-refractivity contribution in [3.05, 3.63) is 33.7 Å². The molecule has 30 heavy (non-hydrogen) atoms. The molecule has 8 nitrogen and oxygen atoms in total. The zero-order chi connectivity index (χ0) is 21.1. The summed E-state index contributed by atoms with van der Waals surface area (Å²) in [4.78, 5) is 43.7. The molecule has 2 amide bonds. The van der Waals surface area contributed by atoms with Gasteiger partial charge in [-0.15, -0.1) is 0 Å². The van der Waals surface area contributed by atoms with Crippen molar-refractivity contribution in [1.82, 2.24) is 20.1 Å². The van der Waals surface area contributed by atoms with Crippen LogP contribution in [0.5, 0.6) is 0 Å². The van der Waals surface area contributed by atoms with Gasteiger partial charge in [0.1, 0.15) is 12.2 Å². The van der Waals surface area contributed by atoms with E-state index in [0.29, 0.717) is 18.2 Å². The van der Waals surface area contributed by atoms with Gasteiger partial charge >= 0.3 is 0 Å². The van der Waals surface area contributed by atoms with Crippen molar-refractivity contribution >= 4 is 11.8 Å². The smallest absolute Gasteiger partial charge is 0.260 e. The Hall–Kier alpha value is -2.19. The van der Waals surface area contributed by atoms with E-state index in [2.05, 4.69) is 15.2 Å². The van der Waals surface area contributed by atoms with Crippen molar-refractivity contribution < 1.29 is 14.3 Å². The number of rotatable bonds is 7. The van der Waals surface area contributed by atoms with Crippen LogP contribution in [0.3, 0.4) is 0 Å². The van der Waals surface area contributed by atoms with Crippen molar-refractivity contribution in [2.45, 2.75) is 38.7 Å². The van der Waals surface area contributed by atoms with Gasteiger partial charge in [0.15, 0.2) is 0 Å². The van der Waals surface area contributed by atoms with Gasteiger partial charge < -0.3 is 24.8 Å². The lowest BCUT2D eigenvalue weighted by Gasteiger charge is -2.38. The number of hydrogen-bond donors (Lipinski definition) is 2. The number of morpholine rings is 1. The zero-order valence-corrected chi connectivity index (χ0v) is 17.7. The molecule has 2 N–H and O–H groups in total. The first-order valence-corrected chi connectivity index (χ1v) is 11.1. The molecule has 2 aliphatic heterocycles. The molecule has 1 atom stereocenters. The Morgan fingerprint density at radius 1 is 1.13 bits per heavy atom. The average Bonchev–Trinajstić information content (AvgIpc) is 3.54. The number of H-pyrrole nitrogens is 1. The topological polar surface area (TPSA) is 94.7 Å². The highest BCUT2D eigenvalue weighted by atomic mass is 16.5. The Bertz CT molecular complexity index is 827. The number of amides is 2. The second-order valence-corrected chi connectivity index (χ2v) is 9.01. The monoisotopic (exact) mass is 416 g/mol. The number of aromatic nitrogens is 1. The second-order valence-electron chi connectivity index (χ2n) is 9.01. The van der Waals surface area contributed by atoms with E-state index in [1.807, 2.05) is 4.90 Å². The fourth-order valence-electron chi connectivity index (χ4n) is 4.36. The van der Waals surface area contributed by atoms with Gasteiger partial charge in [-0.2, -0.15) is 0 Å². The van der Waals surface area contributed by atoms with Crippen LogP contribution in [0, 0.1) is 18.8 Å². The molecular formula is C22H32N4O4. The van der Waals surface area contributed by atoms with E-state index in [1.165, 1.54) is 25.5 Å². The molecule has 0 radical (unpaired) electrons. The first kappa shape index (κ1) is 21.1. The molecule has 3 fully saturated rings. The van der Waals surface area contributed by atoms with E-state index < -0.39 is 11.5 Å². The van der Waals surface area contributed by atoms with Crippen molar-refractivity contribution in [3.8, 4) is 0 Å². The predicted octanol–water partition coefficient (Wildman–Crippen LogP) is 0.763. The number of pyridine rings is 1. The molecule has 2 saturated heterocycles. The maximum absolute atomic E-state index is 12.3. The Labute approximate surface area is 177 Å². The van der Waals surface area contributed by atoms with Crippen LogP contribution in [0.25, 0.3) is 0 Å². The van der Waals surface area contributed by atoms with E-state index >= 15 is 0 Å². The number of aryl methyl sites for hydroxylation is 1. The van der Waals surface area contributed by atoms with Gasteiger partial charge in [0.2, 0.25) is 5.91 Å². The summed E-state index contributed by atoms with van der Waals surface area (Å²) in [5.41, 5.74) is 0.392. The standard InChI is InChI=1S/C22H32N4O4/c1-15-2-5-19(22(29)24-15)21(28)23-10-18-13-26(20(27)14-30-18)12-17-6-8-25(9-7-17)11-16-3-4-16/h2,5,16-18H,3-4,6-14H2,1H3,(H,23,28)(H,24,29)/t18-/m1/s1. The van der Waals surface area contributed by atoms with Crippen molar-refractivity contribution in [1.29, 1.82) is 0 Å². The average molecular weight is 417 g/mol. The summed E-state index contributed by atoms with van der Waals surface area (Å²) in [5, 5.41) is 2.77. The molecule has 1 aromatic heterocycles. The number of likely N-dealkylation sites (tertiary alicyclic amines) is 1. The summed E-state index contributed by atoms with van der Waals surface area (Å²) in [5.74, 6) is 1.05. The molecule has 3 heterocycles. The van der Waals surface area contributed by atoms with Gasteiger partial charge in [0, 0.05) is 31.9 Å². The molecule has 3 aliphatic rings. The van der Waals surface area contributed by atoms with E-state index in [9.17, 15) is 14.4 Å². The first-order chi connectivity index (χ1) is 14.5. The van der Waals surface area contributed by atoms with Crippen LogP contribution in [0.4, 0.5) is 0 Å². The van der Waals surface area contributed by atoms with Gasteiger partial charge in [-0.05, 0) is 69.7 Å². The lowest BCUT2D eigenvalue weighted by atomic mass is 9.95. The number of carbonyl (C=O) groups excluding carboxylic acids is 2. The van der Waals surface area contributed by atoms with Crippen LogP contribution in [-0.4, -0.2) is 78.6 Å². The Balaban J connectivity index is 1.23. The molecule has 1 aromatic rings. The normalized spacial score (nSPS) is 23.6. The van der Waals surface area contributed by atoms with E-state index in [4.69, 9.17) is 4.74 Å². The molecule has 4 rings (SSSR count). The third-order valence-electron chi connectivity index (χ3n) is 6.41. The van der Waals surface area contributed by atoms with Crippen molar-refractivity contribution in [2.75, 3.05) is 45.9 Å². The molecule has 0 aromatic carbocycles. The molecule has 1 aliphatic carbocycles. The van der Waals surface area contributed by atoms with Crippen LogP contribution >= 0.6 is 0 Å². The molecule has 0 unspecified atom stereocenters. The number of nitrogens with one attached hydrogen (secondary N) is 2. The molecule has 0 bridgehead atoms. The van der Waals surface area contributed by atoms with Crippen LogP contribution in [-0.2, 0) is 9.53 Å². The third-order valence-corrected chi connectivity index (χ3v) is 6.41. The van der Waals surface area contributed by atoms with Crippen LogP contribution in [0.2, 0.25) is 0 Å². The number of piperidine rings is 1. The lowest BCUT2D eigenvalue weighted by Crippen LogP contribution is -2.52. The van der Waals surface area contributed by atoms with Gasteiger partial charge in [-0.25, -0.2) is 0 Å². The highest BCUT2D eigenvalue weighted by Gasteiger charge is 2.31. The Kier molecular flexibility index (Phi) is 6.53. The van der Waals surface area contributed by atoms with Crippen LogP contribution in [0.1, 0.15) is 41.7 Å². The minimum atomic E-state index is -0.425. The highest BCUT2D eigenvalue weighted by molar-refractivity contribution is 5.93. The highest BCUT2D eigenvalue weighted by Crippen LogP contribution is 2.31. The van der Waals surface area contributed by atoms with E-state index in [0.717, 1.165) is 38.4 Å². The largest absolute Gasteiger partial charge is 0.365 e. The number of carbonyl (C=O) groups is 2.